The molecule has 0 saturated carbocycles. The fourth-order valence-electron chi connectivity index (χ4n) is 1.13. The van der Waals surface area contributed by atoms with E-state index in [1.807, 2.05) is 18.9 Å². The van der Waals surface area contributed by atoms with E-state index >= 15 is 0 Å². The number of rotatable bonds is 4. The Balaban J connectivity index is 4.24. The first-order valence-corrected chi connectivity index (χ1v) is 4.64. The molecule has 0 aromatic heterocycles. The Bertz CT molecular complexity index is 170. The molecule has 0 saturated heterocycles. The Morgan fingerprint density at radius 1 is 1.31 bits per heavy atom. The number of amides is 1. The number of hydrazine groups is 1. The molecule has 4 nitrogen and oxygen atoms in total. The minimum Gasteiger partial charge on any atom is -0.293 e. The lowest BCUT2D eigenvalue weighted by Gasteiger charge is -2.31. The van der Waals surface area contributed by atoms with Crippen LogP contribution in [-0.4, -0.2) is 29.9 Å². The molecule has 13 heavy (non-hydrogen) atoms. The standard InChI is InChI=1S/C9H21N3O/c1-6(2)7(3)12(5)8(4)9(13)11-10/h6-8H,10H2,1-5H3,(H,11,13). The first kappa shape index (κ1) is 12.4. The van der Waals surface area contributed by atoms with Crippen molar-refractivity contribution in [1.29, 1.82) is 0 Å². The van der Waals surface area contributed by atoms with Crippen LogP contribution in [0.25, 0.3) is 0 Å². The van der Waals surface area contributed by atoms with Gasteiger partial charge >= 0.3 is 0 Å². The quantitative estimate of drug-likeness (QED) is 0.379. The number of nitrogens with zero attached hydrogens (tertiary/aromatic N) is 1. The molecule has 2 atom stereocenters. The molecule has 0 aromatic rings. The van der Waals surface area contributed by atoms with Crippen molar-refractivity contribution >= 4 is 5.91 Å². The van der Waals surface area contributed by atoms with Crippen LogP contribution in [-0.2, 0) is 4.79 Å². The Labute approximate surface area is 80.4 Å². The summed E-state index contributed by atoms with van der Waals surface area (Å²) in [6.45, 7) is 8.22. The molecule has 0 heterocycles. The van der Waals surface area contributed by atoms with Gasteiger partial charge in [-0.25, -0.2) is 5.84 Å². The number of nitrogens with two attached hydrogens (primary N) is 1. The molecule has 0 spiro atoms. The fraction of sp³-hybridized carbons (Fsp3) is 0.889. The van der Waals surface area contributed by atoms with Crippen LogP contribution in [0.1, 0.15) is 27.7 Å². The Kier molecular flexibility index (Phi) is 4.95. The molecule has 3 N–H and O–H groups in total. The molecular weight excluding hydrogens is 166 g/mol. The van der Waals surface area contributed by atoms with Crippen LogP contribution >= 0.6 is 0 Å². The zero-order valence-corrected chi connectivity index (χ0v) is 9.16. The summed E-state index contributed by atoms with van der Waals surface area (Å²) in [6.07, 6.45) is 0. The summed E-state index contributed by atoms with van der Waals surface area (Å²) in [5.41, 5.74) is 2.16. The monoisotopic (exact) mass is 187 g/mol. The van der Waals surface area contributed by atoms with E-state index in [4.69, 9.17) is 5.84 Å². The highest BCUT2D eigenvalue weighted by Gasteiger charge is 2.22. The minimum absolute atomic E-state index is 0.144. The fourth-order valence-corrected chi connectivity index (χ4v) is 1.13. The van der Waals surface area contributed by atoms with E-state index in [9.17, 15) is 4.79 Å². The van der Waals surface area contributed by atoms with E-state index in [2.05, 4.69) is 26.2 Å². The van der Waals surface area contributed by atoms with Gasteiger partial charge in [0.2, 0.25) is 0 Å². The molecular formula is C9H21N3O. The molecule has 0 rings (SSSR count). The maximum Gasteiger partial charge on any atom is 0.250 e. The maximum absolute atomic E-state index is 11.2. The molecule has 0 aliphatic carbocycles. The molecule has 2 unspecified atom stereocenters. The maximum atomic E-state index is 11.2. The van der Waals surface area contributed by atoms with Gasteiger partial charge in [0.15, 0.2) is 0 Å². The highest BCUT2D eigenvalue weighted by atomic mass is 16.2. The number of carbonyl (C=O) groups is 1. The second-order valence-corrected chi connectivity index (χ2v) is 3.83. The molecule has 4 heteroatoms. The lowest BCUT2D eigenvalue weighted by molar-refractivity contribution is -0.126. The SMILES string of the molecule is CC(C)C(C)N(C)C(C)C(=O)NN. The summed E-state index contributed by atoms with van der Waals surface area (Å²) in [5.74, 6) is 5.44. The van der Waals surface area contributed by atoms with Gasteiger partial charge in [0.05, 0.1) is 6.04 Å². The topological polar surface area (TPSA) is 58.4 Å². The van der Waals surface area contributed by atoms with Crippen LogP contribution in [0.2, 0.25) is 0 Å². The summed E-state index contributed by atoms with van der Waals surface area (Å²) in [5, 5.41) is 0. The Morgan fingerprint density at radius 2 is 1.77 bits per heavy atom. The summed E-state index contributed by atoms with van der Waals surface area (Å²) < 4.78 is 0. The largest absolute Gasteiger partial charge is 0.293 e. The van der Waals surface area contributed by atoms with Crippen molar-refractivity contribution in [3.63, 3.8) is 0 Å². The van der Waals surface area contributed by atoms with Crippen molar-refractivity contribution in [2.24, 2.45) is 11.8 Å². The predicted molar refractivity (Wildman–Crippen MR) is 53.9 cm³/mol. The summed E-state index contributed by atoms with van der Waals surface area (Å²) in [7, 11) is 1.94. The van der Waals surface area contributed by atoms with Crippen LogP contribution < -0.4 is 11.3 Å². The second-order valence-electron chi connectivity index (χ2n) is 3.83. The smallest absolute Gasteiger partial charge is 0.250 e. The van der Waals surface area contributed by atoms with Crippen LogP contribution in [0, 0.1) is 5.92 Å². The van der Waals surface area contributed by atoms with Gasteiger partial charge < -0.3 is 0 Å². The van der Waals surface area contributed by atoms with Crippen molar-refractivity contribution in [2.45, 2.75) is 39.8 Å². The molecule has 1 amide bonds. The number of hydrogen-bond acceptors (Lipinski definition) is 3. The molecule has 0 aromatic carbocycles. The molecule has 0 radical (unpaired) electrons. The van der Waals surface area contributed by atoms with Crippen molar-refractivity contribution in [2.75, 3.05) is 7.05 Å². The van der Waals surface area contributed by atoms with Gasteiger partial charge in [-0.3, -0.25) is 15.1 Å². The number of carbonyl (C=O) groups excluding carboxylic acids is 1. The van der Waals surface area contributed by atoms with Crippen LogP contribution in [0.15, 0.2) is 0 Å². The van der Waals surface area contributed by atoms with E-state index < -0.39 is 0 Å². The molecule has 0 aliphatic heterocycles. The Morgan fingerprint density at radius 3 is 2.08 bits per heavy atom. The van der Waals surface area contributed by atoms with Crippen LogP contribution in [0.4, 0.5) is 0 Å². The van der Waals surface area contributed by atoms with Gasteiger partial charge in [-0.1, -0.05) is 13.8 Å². The van der Waals surface area contributed by atoms with Gasteiger partial charge in [-0.2, -0.15) is 0 Å². The summed E-state index contributed by atoms with van der Waals surface area (Å²) >= 11 is 0. The minimum atomic E-state index is -0.178. The molecule has 0 aliphatic rings. The van der Waals surface area contributed by atoms with E-state index in [0.29, 0.717) is 12.0 Å². The first-order valence-electron chi connectivity index (χ1n) is 4.64. The first-order chi connectivity index (χ1) is 5.91. The third-order valence-electron chi connectivity index (χ3n) is 2.74. The van der Waals surface area contributed by atoms with Crippen LogP contribution in [0.5, 0.6) is 0 Å². The van der Waals surface area contributed by atoms with Crippen molar-refractivity contribution in [3.05, 3.63) is 0 Å². The van der Waals surface area contributed by atoms with Gasteiger partial charge in [-0.15, -0.1) is 0 Å². The third kappa shape index (κ3) is 3.32. The normalized spacial score (nSPS) is 16.0. The molecule has 0 bridgehead atoms. The lowest BCUT2D eigenvalue weighted by Crippen LogP contribution is -2.50. The van der Waals surface area contributed by atoms with E-state index in [1.54, 1.807) is 0 Å². The van der Waals surface area contributed by atoms with E-state index in [-0.39, 0.29) is 11.9 Å². The number of nitrogens with one attached hydrogen (secondary N) is 1. The highest BCUT2D eigenvalue weighted by Crippen LogP contribution is 2.10. The van der Waals surface area contributed by atoms with Crippen molar-refractivity contribution < 1.29 is 4.79 Å². The molecule has 0 fully saturated rings. The number of hydrogen-bond donors (Lipinski definition) is 2. The predicted octanol–water partition coefficient (Wildman–Crippen LogP) is 0.341. The Hall–Kier alpha value is -0.610. The van der Waals surface area contributed by atoms with E-state index in [1.165, 1.54) is 0 Å². The van der Waals surface area contributed by atoms with Gasteiger partial charge in [0.1, 0.15) is 0 Å². The zero-order chi connectivity index (χ0) is 10.6. The number of likely N-dealkylation sites (N-methyl/N-ethyl adjacent to an activating group) is 1. The van der Waals surface area contributed by atoms with E-state index in [0.717, 1.165) is 0 Å². The van der Waals surface area contributed by atoms with Gasteiger partial charge in [-0.05, 0) is 26.8 Å². The summed E-state index contributed by atoms with van der Waals surface area (Å²) in [6, 6.07) is 0.190. The van der Waals surface area contributed by atoms with Gasteiger partial charge in [0.25, 0.3) is 5.91 Å². The molecule has 78 valence electrons. The second kappa shape index (κ2) is 5.19. The third-order valence-corrected chi connectivity index (χ3v) is 2.74. The van der Waals surface area contributed by atoms with Crippen molar-refractivity contribution in [3.8, 4) is 0 Å². The average Bonchev–Trinajstić information content (AvgIpc) is 2.12. The van der Waals surface area contributed by atoms with Gasteiger partial charge in [0, 0.05) is 6.04 Å². The lowest BCUT2D eigenvalue weighted by atomic mass is 10.0. The average molecular weight is 187 g/mol. The van der Waals surface area contributed by atoms with Crippen LogP contribution in [0.3, 0.4) is 0 Å². The highest BCUT2D eigenvalue weighted by molar-refractivity contribution is 5.80. The van der Waals surface area contributed by atoms with Crippen molar-refractivity contribution in [1.82, 2.24) is 10.3 Å². The zero-order valence-electron chi connectivity index (χ0n) is 9.16. The summed E-state index contributed by atoms with van der Waals surface area (Å²) in [4.78, 5) is 13.2.